The molecule has 1 aromatic heterocycles. The fourth-order valence-corrected chi connectivity index (χ4v) is 3.82. The standard InChI is InChI=1S/C23H22FNO3S/c1-4-28-23(27)21-18(16-8-5-14(2)6-9-16)13-29-22(21)25-12-20(26)17-10-7-15(3)19(24)11-17/h5-11,13,25H,4,12H2,1-3H3. The summed E-state index contributed by atoms with van der Waals surface area (Å²) in [4.78, 5) is 25.1. The zero-order chi connectivity index (χ0) is 21.0. The van der Waals surface area contributed by atoms with Crippen molar-refractivity contribution in [2.45, 2.75) is 20.8 Å². The number of hydrogen-bond donors (Lipinski definition) is 1. The molecule has 6 heteroatoms. The van der Waals surface area contributed by atoms with E-state index < -0.39 is 11.8 Å². The maximum Gasteiger partial charge on any atom is 0.341 e. The zero-order valence-electron chi connectivity index (χ0n) is 16.5. The molecule has 4 nitrogen and oxygen atoms in total. The average molecular weight is 411 g/mol. The predicted molar refractivity (Wildman–Crippen MR) is 114 cm³/mol. The van der Waals surface area contributed by atoms with Crippen LogP contribution in [0.4, 0.5) is 9.39 Å². The zero-order valence-corrected chi connectivity index (χ0v) is 17.4. The Bertz CT molecular complexity index is 1040. The minimum absolute atomic E-state index is 0.0528. The quantitative estimate of drug-likeness (QED) is 0.404. The number of Topliss-reactive ketones (excluding diaryl/α,β-unsaturated/α-hetero) is 1. The molecule has 2 aromatic carbocycles. The van der Waals surface area contributed by atoms with E-state index in [1.807, 2.05) is 36.6 Å². The third kappa shape index (κ3) is 4.71. The first kappa shape index (κ1) is 20.7. The number of hydrogen-bond acceptors (Lipinski definition) is 5. The topological polar surface area (TPSA) is 55.4 Å². The summed E-state index contributed by atoms with van der Waals surface area (Å²) in [6.45, 7) is 5.59. The molecular weight excluding hydrogens is 389 g/mol. The van der Waals surface area contributed by atoms with Crippen LogP contribution in [0.5, 0.6) is 0 Å². The SMILES string of the molecule is CCOC(=O)c1c(-c2ccc(C)cc2)csc1NCC(=O)c1ccc(C)c(F)c1. The number of carbonyl (C=O) groups is 2. The lowest BCUT2D eigenvalue weighted by Gasteiger charge is -2.10. The summed E-state index contributed by atoms with van der Waals surface area (Å²) in [7, 11) is 0. The Labute approximate surface area is 173 Å². The molecule has 1 N–H and O–H groups in total. The highest BCUT2D eigenvalue weighted by atomic mass is 32.1. The monoisotopic (exact) mass is 411 g/mol. The van der Waals surface area contributed by atoms with Gasteiger partial charge >= 0.3 is 5.97 Å². The maximum absolute atomic E-state index is 13.7. The first-order chi connectivity index (χ1) is 13.9. The van der Waals surface area contributed by atoms with E-state index in [1.54, 1.807) is 26.0 Å². The first-order valence-electron chi connectivity index (χ1n) is 9.29. The van der Waals surface area contributed by atoms with Crippen molar-refractivity contribution in [1.29, 1.82) is 0 Å². The molecule has 0 fully saturated rings. The second kappa shape index (κ2) is 9.01. The van der Waals surface area contributed by atoms with Crippen LogP contribution in [0.3, 0.4) is 0 Å². The molecule has 0 saturated carbocycles. The largest absolute Gasteiger partial charge is 0.462 e. The summed E-state index contributed by atoms with van der Waals surface area (Å²) in [5.74, 6) is -1.12. The summed E-state index contributed by atoms with van der Waals surface area (Å²) in [5.41, 5.74) is 3.95. The number of esters is 1. The van der Waals surface area contributed by atoms with E-state index in [0.717, 1.165) is 16.7 Å². The van der Waals surface area contributed by atoms with Crippen LogP contribution < -0.4 is 5.32 Å². The molecule has 0 radical (unpaired) electrons. The summed E-state index contributed by atoms with van der Waals surface area (Å²) in [6, 6.07) is 12.3. The highest BCUT2D eigenvalue weighted by Crippen LogP contribution is 2.36. The Morgan fingerprint density at radius 1 is 1.10 bits per heavy atom. The Kier molecular flexibility index (Phi) is 6.44. The van der Waals surface area contributed by atoms with Gasteiger partial charge in [0.25, 0.3) is 0 Å². The Morgan fingerprint density at radius 2 is 1.83 bits per heavy atom. The van der Waals surface area contributed by atoms with E-state index in [-0.39, 0.29) is 24.5 Å². The van der Waals surface area contributed by atoms with Gasteiger partial charge in [0.2, 0.25) is 0 Å². The van der Waals surface area contributed by atoms with Gasteiger partial charge < -0.3 is 10.1 Å². The minimum atomic E-state index is -0.444. The van der Waals surface area contributed by atoms with E-state index >= 15 is 0 Å². The smallest absolute Gasteiger partial charge is 0.341 e. The molecule has 0 saturated heterocycles. The fourth-order valence-electron chi connectivity index (χ4n) is 2.87. The number of halogens is 1. The number of rotatable bonds is 7. The van der Waals surface area contributed by atoms with Gasteiger partial charge in [-0.2, -0.15) is 0 Å². The van der Waals surface area contributed by atoms with Gasteiger partial charge in [0.1, 0.15) is 16.4 Å². The van der Waals surface area contributed by atoms with Gasteiger partial charge in [-0.05, 0) is 38.0 Å². The lowest BCUT2D eigenvalue weighted by atomic mass is 10.0. The second-order valence-corrected chi connectivity index (χ2v) is 7.56. The third-order valence-electron chi connectivity index (χ3n) is 4.54. The Morgan fingerprint density at radius 3 is 2.48 bits per heavy atom. The Hall–Kier alpha value is -2.99. The van der Waals surface area contributed by atoms with Gasteiger partial charge in [0.15, 0.2) is 5.78 Å². The van der Waals surface area contributed by atoms with Crippen LogP contribution in [0.2, 0.25) is 0 Å². The van der Waals surface area contributed by atoms with Crippen LogP contribution in [0.25, 0.3) is 11.1 Å². The summed E-state index contributed by atoms with van der Waals surface area (Å²) in [5, 5.41) is 5.46. The van der Waals surface area contributed by atoms with Crippen LogP contribution in [0.15, 0.2) is 47.8 Å². The molecule has 3 aromatic rings. The van der Waals surface area contributed by atoms with Crippen LogP contribution in [0.1, 0.15) is 38.8 Å². The number of anilines is 1. The molecule has 0 unspecified atom stereocenters. The molecule has 0 aliphatic heterocycles. The number of benzene rings is 2. The van der Waals surface area contributed by atoms with Crippen molar-refractivity contribution >= 4 is 28.1 Å². The molecule has 0 aliphatic rings. The number of nitrogens with one attached hydrogen (secondary N) is 1. The second-order valence-electron chi connectivity index (χ2n) is 6.68. The van der Waals surface area contributed by atoms with Crippen LogP contribution in [-0.4, -0.2) is 24.9 Å². The molecule has 29 heavy (non-hydrogen) atoms. The molecule has 0 spiro atoms. The van der Waals surface area contributed by atoms with Gasteiger partial charge in [-0.15, -0.1) is 11.3 Å². The van der Waals surface area contributed by atoms with Crippen molar-refractivity contribution in [2.75, 3.05) is 18.5 Å². The number of thiophene rings is 1. The van der Waals surface area contributed by atoms with Crippen molar-refractivity contribution in [3.05, 3.63) is 75.9 Å². The van der Waals surface area contributed by atoms with Gasteiger partial charge in [-0.3, -0.25) is 4.79 Å². The summed E-state index contributed by atoms with van der Waals surface area (Å²) >= 11 is 1.33. The van der Waals surface area contributed by atoms with Crippen LogP contribution in [-0.2, 0) is 4.74 Å². The van der Waals surface area contributed by atoms with E-state index in [0.29, 0.717) is 16.1 Å². The van der Waals surface area contributed by atoms with Crippen LogP contribution >= 0.6 is 11.3 Å². The number of ether oxygens (including phenoxy) is 1. The van der Waals surface area contributed by atoms with Crippen molar-refractivity contribution in [1.82, 2.24) is 0 Å². The molecule has 150 valence electrons. The summed E-state index contributed by atoms with van der Waals surface area (Å²) in [6.07, 6.45) is 0. The van der Waals surface area contributed by atoms with E-state index in [4.69, 9.17) is 4.74 Å². The van der Waals surface area contributed by atoms with Crippen molar-refractivity contribution in [3.8, 4) is 11.1 Å². The van der Waals surface area contributed by atoms with E-state index in [2.05, 4.69) is 5.32 Å². The average Bonchev–Trinajstić information content (AvgIpc) is 3.13. The lowest BCUT2D eigenvalue weighted by molar-refractivity contribution is 0.0528. The molecule has 1 heterocycles. The van der Waals surface area contributed by atoms with Crippen molar-refractivity contribution in [3.63, 3.8) is 0 Å². The first-order valence-corrected chi connectivity index (χ1v) is 10.2. The normalized spacial score (nSPS) is 10.6. The fraction of sp³-hybridized carbons (Fsp3) is 0.217. The third-order valence-corrected chi connectivity index (χ3v) is 5.47. The molecule has 0 atom stereocenters. The molecule has 0 amide bonds. The number of carbonyl (C=O) groups excluding carboxylic acids is 2. The van der Waals surface area contributed by atoms with Gasteiger partial charge in [0, 0.05) is 16.5 Å². The van der Waals surface area contributed by atoms with Crippen molar-refractivity contribution in [2.24, 2.45) is 0 Å². The predicted octanol–water partition coefficient (Wildman–Crippen LogP) is 5.64. The highest BCUT2D eigenvalue weighted by molar-refractivity contribution is 7.15. The molecular formula is C23H22FNO3S. The minimum Gasteiger partial charge on any atom is -0.462 e. The number of ketones is 1. The van der Waals surface area contributed by atoms with E-state index in [1.165, 1.54) is 17.4 Å². The van der Waals surface area contributed by atoms with Crippen LogP contribution in [0, 0.1) is 19.7 Å². The summed E-state index contributed by atoms with van der Waals surface area (Å²) < 4.78 is 19.0. The molecule has 0 bridgehead atoms. The molecule has 0 aliphatic carbocycles. The van der Waals surface area contributed by atoms with E-state index in [9.17, 15) is 14.0 Å². The van der Waals surface area contributed by atoms with Gasteiger partial charge in [0.05, 0.1) is 13.2 Å². The number of aryl methyl sites for hydroxylation is 2. The van der Waals surface area contributed by atoms with Gasteiger partial charge in [-0.25, -0.2) is 9.18 Å². The van der Waals surface area contributed by atoms with Gasteiger partial charge in [-0.1, -0.05) is 42.0 Å². The maximum atomic E-state index is 13.7. The highest BCUT2D eigenvalue weighted by Gasteiger charge is 2.22. The molecule has 3 rings (SSSR count). The lowest BCUT2D eigenvalue weighted by Crippen LogP contribution is -2.16. The Balaban J connectivity index is 1.86. The van der Waals surface area contributed by atoms with Crippen molar-refractivity contribution < 1.29 is 18.7 Å².